The molecule has 3 aromatic heterocycles. The summed E-state index contributed by atoms with van der Waals surface area (Å²) in [7, 11) is 0. The minimum Gasteiger partial charge on any atom is -0.338 e. The van der Waals surface area contributed by atoms with Gasteiger partial charge in [0, 0.05) is 37.2 Å². The minimum absolute atomic E-state index is 0.155. The number of amides is 2. The quantitative estimate of drug-likeness (QED) is 0.594. The molecule has 1 fully saturated rings. The van der Waals surface area contributed by atoms with E-state index in [0.29, 0.717) is 23.7 Å². The van der Waals surface area contributed by atoms with Crippen molar-refractivity contribution in [2.75, 3.05) is 25.0 Å². The highest BCUT2D eigenvalue weighted by Gasteiger charge is 2.24. The maximum atomic E-state index is 14.7. The van der Waals surface area contributed by atoms with Crippen LogP contribution in [0.25, 0.3) is 5.82 Å². The highest BCUT2D eigenvalue weighted by Crippen LogP contribution is 2.30. The number of halogens is 1. The molecule has 0 spiro atoms. The van der Waals surface area contributed by atoms with Crippen LogP contribution in [0.5, 0.6) is 0 Å². The fourth-order valence-corrected chi connectivity index (χ4v) is 3.89. The number of carbonyl (C=O) groups is 1. The van der Waals surface area contributed by atoms with E-state index in [1.165, 1.54) is 0 Å². The number of piperidine rings is 1. The van der Waals surface area contributed by atoms with Crippen LogP contribution in [0.15, 0.2) is 48.9 Å². The van der Waals surface area contributed by atoms with E-state index >= 15 is 0 Å². The largest absolute Gasteiger partial charge is 0.338 e. The number of nitrogens with one attached hydrogen (secondary N) is 2. The van der Waals surface area contributed by atoms with Gasteiger partial charge in [-0.2, -0.15) is 14.5 Å². The number of rotatable bonds is 6. The molecule has 9 heteroatoms. The third-order valence-electron chi connectivity index (χ3n) is 5.44. The zero-order chi connectivity index (χ0) is 21.6. The Morgan fingerprint density at radius 2 is 2.06 bits per heavy atom. The molecule has 0 unspecified atom stereocenters. The molecule has 0 aromatic carbocycles. The standard InChI is InChI=1S/C22H26FN7O/c1-2-24-22(31)27-19-14-16(6-10-25-19)15-29-12-7-17(8-13-29)18-4-5-20(28-21(18)23)30-11-3-9-26-30/h3-6,9-11,14,17H,2,7-8,12-13,15H2,1H3,(H2,24,25,27,31). The second kappa shape index (κ2) is 9.65. The van der Waals surface area contributed by atoms with Gasteiger partial charge >= 0.3 is 6.03 Å². The van der Waals surface area contributed by atoms with Crippen LogP contribution in [0.3, 0.4) is 0 Å². The lowest BCUT2D eigenvalue weighted by Gasteiger charge is -2.32. The average molecular weight is 423 g/mol. The molecule has 1 aliphatic rings. The molecule has 4 rings (SSSR count). The van der Waals surface area contributed by atoms with Crippen LogP contribution in [0, 0.1) is 5.95 Å². The van der Waals surface area contributed by atoms with Gasteiger partial charge in [-0.1, -0.05) is 6.07 Å². The van der Waals surface area contributed by atoms with Crippen molar-refractivity contribution in [3.8, 4) is 5.82 Å². The lowest BCUT2D eigenvalue weighted by atomic mass is 9.90. The van der Waals surface area contributed by atoms with Gasteiger partial charge in [0.25, 0.3) is 0 Å². The molecule has 0 radical (unpaired) electrons. The smallest absolute Gasteiger partial charge is 0.320 e. The molecule has 2 amide bonds. The van der Waals surface area contributed by atoms with E-state index in [-0.39, 0.29) is 11.9 Å². The van der Waals surface area contributed by atoms with Crippen LogP contribution in [-0.4, -0.2) is 50.3 Å². The Morgan fingerprint density at radius 3 is 2.77 bits per heavy atom. The number of nitrogens with zero attached hydrogens (tertiary/aromatic N) is 5. The summed E-state index contributed by atoms with van der Waals surface area (Å²) in [4.78, 5) is 22.3. The molecule has 0 saturated carbocycles. The fraction of sp³-hybridized carbons (Fsp3) is 0.364. The third kappa shape index (κ3) is 5.24. The first-order valence-electron chi connectivity index (χ1n) is 10.5. The van der Waals surface area contributed by atoms with Crippen molar-refractivity contribution in [3.63, 3.8) is 0 Å². The number of hydrogen-bond donors (Lipinski definition) is 2. The summed E-state index contributed by atoms with van der Waals surface area (Å²) in [5.41, 5.74) is 1.75. The molecule has 2 N–H and O–H groups in total. The predicted octanol–water partition coefficient (Wildman–Crippen LogP) is 3.32. The van der Waals surface area contributed by atoms with E-state index in [0.717, 1.165) is 38.0 Å². The SMILES string of the molecule is CCNC(=O)Nc1cc(CN2CCC(c3ccc(-n4cccn4)nc3F)CC2)ccn1. The number of anilines is 1. The van der Waals surface area contributed by atoms with E-state index in [2.05, 4.69) is 30.6 Å². The monoisotopic (exact) mass is 423 g/mol. The van der Waals surface area contributed by atoms with Gasteiger partial charge in [-0.05, 0) is 68.6 Å². The van der Waals surface area contributed by atoms with Gasteiger partial charge in [-0.15, -0.1) is 0 Å². The number of carbonyl (C=O) groups excluding carboxylic acids is 1. The van der Waals surface area contributed by atoms with E-state index in [9.17, 15) is 9.18 Å². The number of pyridine rings is 2. The molecule has 8 nitrogen and oxygen atoms in total. The van der Waals surface area contributed by atoms with Gasteiger partial charge in [0.2, 0.25) is 5.95 Å². The fourth-order valence-electron chi connectivity index (χ4n) is 3.89. The first kappa shape index (κ1) is 20.9. The topological polar surface area (TPSA) is 88.0 Å². The number of urea groups is 1. The van der Waals surface area contributed by atoms with E-state index < -0.39 is 5.95 Å². The van der Waals surface area contributed by atoms with Gasteiger partial charge in [-0.25, -0.2) is 14.5 Å². The minimum atomic E-state index is -0.415. The first-order chi connectivity index (χ1) is 15.1. The normalized spacial score (nSPS) is 15.0. The van der Waals surface area contributed by atoms with Crippen LogP contribution in [-0.2, 0) is 6.54 Å². The third-order valence-corrected chi connectivity index (χ3v) is 5.44. The summed E-state index contributed by atoms with van der Waals surface area (Å²) in [6.07, 6.45) is 6.83. The van der Waals surface area contributed by atoms with Crippen LogP contribution in [0.1, 0.15) is 36.8 Å². The highest BCUT2D eigenvalue weighted by atomic mass is 19.1. The molecule has 1 saturated heterocycles. The predicted molar refractivity (Wildman–Crippen MR) is 116 cm³/mol. The average Bonchev–Trinajstić information content (AvgIpc) is 3.30. The summed E-state index contributed by atoms with van der Waals surface area (Å²) < 4.78 is 16.2. The molecule has 3 aromatic rings. The summed E-state index contributed by atoms with van der Waals surface area (Å²) in [6, 6.07) is 9.01. The van der Waals surface area contributed by atoms with Crippen LogP contribution in [0.2, 0.25) is 0 Å². The summed E-state index contributed by atoms with van der Waals surface area (Å²) in [6.45, 7) is 4.92. The Kier molecular flexibility index (Phi) is 6.51. The lowest BCUT2D eigenvalue weighted by Crippen LogP contribution is -2.33. The molecule has 1 aliphatic heterocycles. The van der Waals surface area contributed by atoms with Gasteiger partial charge in [0.1, 0.15) is 5.82 Å². The van der Waals surface area contributed by atoms with Gasteiger partial charge < -0.3 is 5.32 Å². The molecule has 31 heavy (non-hydrogen) atoms. The van der Waals surface area contributed by atoms with Gasteiger partial charge in [-0.3, -0.25) is 10.2 Å². The Hall–Kier alpha value is -3.33. The van der Waals surface area contributed by atoms with Crippen molar-refractivity contribution in [3.05, 3.63) is 66.0 Å². The van der Waals surface area contributed by atoms with Crippen molar-refractivity contribution < 1.29 is 9.18 Å². The van der Waals surface area contributed by atoms with Gasteiger partial charge in [0.05, 0.1) is 0 Å². The molecule has 0 atom stereocenters. The van der Waals surface area contributed by atoms with E-state index in [4.69, 9.17) is 0 Å². The summed E-state index contributed by atoms with van der Waals surface area (Å²) in [5.74, 6) is 0.756. The number of hydrogen-bond acceptors (Lipinski definition) is 5. The Morgan fingerprint density at radius 1 is 1.23 bits per heavy atom. The van der Waals surface area contributed by atoms with Crippen LogP contribution >= 0.6 is 0 Å². The molecule has 0 bridgehead atoms. The number of aromatic nitrogens is 4. The molecule has 0 aliphatic carbocycles. The number of likely N-dealkylation sites (tertiary alicyclic amines) is 1. The Labute approximate surface area is 180 Å². The molecular weight excluding hydrogens is 397 g/mol. The van der Waals surface area contributed by atoms with Crippen molar-refractivity contribution in [1.82, 2.24) is 30.0 Å². The maximum Gasteiger partial charge on any atom is 0.320 e. The Bertz CT molecular complexity index is 1020. The van der Waals surface area contributed by atoms with Gasteiger partial charge in [0.15, 0.2) is 5.82 Å². The second-order valence-electron chi connectivity index (χ2n) is 7.58. The summed E-state index contributed by atoms with van der Waals surface area (Å²) >= 11 is 0. The first-order valence-corrected chi connectivity index (χ1v) is 10.5. The maximum absolute atomic E-state index is 14.7. The van der Waals surface area contributed by atoms with Crippen LogP contribution < -0.4 is 10.6 Å². The van der Waals surface area contributed by atoms with Crippen LogP contribution in [0.4, 0.5) is 15.0 Å². The van der Waals surface area contributed by atoms with Crippen molar-refractivity contribution in [2.45, 2.75) is 32.2 Å². The summed E-state index contributed by atoms with van der Waals surface area (Å²) in [5, 5.41) is 9.53. The highest BCUT2D eigenvalue weighted by molar-refractivity contribution is 5.88. The Balaban J connectivity index is 1.33. The molecule has 4 heterocycles. The zero-order valence-corrected chi connectivity index (χ0v) is 17.5. The van der Waals surface area contributed by atoms with Crippen molar-refractivity contribution >= 4 is 11.8 Å². The lowest BCUT2D eigenvalue weighted by molar-refractivity contribution is 0.202. The van der Waals surface area contributed by atoms with E-state index in [1.54, 1.807) is 29.3 Å². The van der Waals surface area contributed by atoms with E-state index in [1.807, 2.05) is 31.2 Å². The molecule has 162 valence electrons. The second-order valence-corrected chi connectivity index (χ2v) is 7.58. The zero-order valence-electron chi connectivity index (χ0n) is 17.5. The van der Waals surface area contributed by atoms with Crippen molar-refractivity contribution in [1.29, 1.82) is 0 Å². The molecular formula is C22H26FN7O. The van der Waals surface area contributed by atoms with Crippen molar-refractivity contribution in [2.24, 2.45) is 0 Å².